The molecule has 1 fully saturated rings. The first-order valence-electron chi connectivity index (χ1n) is 8.28. The van der Waals surface area contributed by atoms with Crippen molar-refractivity contribution in [2.45, 2.75) is 19.3 Å². The Morgan fingerprint density at radius 1 is 1.30 bits per heavy atom. The van der Waals surface area contributed by atoms with Crippen LogP contribution in [0.5, 0.6) is 11.5 Å². The quantitative estimate of drug-likeness (QED) is 0.880. The predicted octanol–water partition coefficient (Wildman–Crippen LogP) is 1.41. The summed E-state index contributed by atoms with van der Waals surface area (Å²) >= 11 is 0. The second kappa shape index (κ2) is 7.55. The van der Waals surface area contributed by atoms with Crippen molar-refractivity contribution in [3.63, 3.8) is 0 Å². The third-order valence-electron chi connectivity index (χ3n) is 4.36. The lowest BCUT2D eigenvalue weighted by Crippen LogP contribution is -2.46. The van der Waals surface area contributed by atoms with Gasteiger partial charge in [-0.15, -0.1) is 0 Å². The summed E-state index contributed by atoms with van der Waals surface area (Å²) in [5.74, 6) is 1.78. The highest BCUT2D eigenvalue weighted by molar-refractivity contribution is 5.74. The molecule has 2 aliphatic rings. The van der Waals surface area contributed by atoms with E-state index < -0.39 is 0 Å². The highest BCUT2D eigenvalue weighted by atomic mass is 16.6. The summed E-state index contributed by atoms with van der Waals surface area (Å²) in [6.45, 7) is 3.32. The molecule has 126 valence electrons. The van der Waals surface area contributed by atoms with E-state index in [0.717, 1.165) is 42.9 Å². The van der Waals surface area contributed by atoms with Crippen molar-refractivity contribution in [2.75, 3.05) is 39.5 Å². The number of rotatable bonds is 4. The number of hydrogen-bond donors (Lipinski definition) is 2. The number of aliphatic hydroxyl groups is 1. The molecule has 1 atom stereocenters. The van der Waals surface area contributed by atoms with Gasteiger partial charge in [0.25, 0.3) is 0 Å². The number of carbonyl (C=O) groups is 1. The van der Waals surface area contributed by atoms with Crippen LogP contribution in [0.4, 0.5) is 4.79 Å². The maximum Gasteiger partial charge on any atom is 0.317 e. The Bertz CT molecular complexity index is 549. The number of amides is 2. The maximum absolute atomic E-state index is 12.2. The van der Waals surface area contributed by atoms with Crippen molar-refractivity contribution in [2.24, 2.45) is 5.92 Å². The number of carbonyl (C=O) groups excluding carboxylic acids is 1. The Kier molecular flexibility index (Phi) is 5.23. The van der Waals surface area contributed by atoms with Crippen LogP contribution in [0.15, 0.2) is 18.2 Å². The summed E-state index contributed by atoms with van der Waals surface area (Å²) in [5, 5.41) is 12.2. The fourth-order valence-electron chi connectivity index (χ4n) is 3.07. The molecule has 0 aliphatic carbocycles. The number of ether oxygens (including phenoxy) is 2. The van der Waals surface area contributed by atoms with Gasteiger partial charge in [-0.25, -0.2) is 4.79 Å². The average molecular weight is 320 g/mol. The van der Waals surface area contributed by atoms with Crippen molar-refractivity contribution in [1.29, 1.82) is 0 Å². The topological polar surface area (TPSA) is 71.0 Å². The lowest BCUT2D eigenvalue weighted by atomic mass is 9.99. The van der Waals surface area contributed by atoms with Crippen LogP contribution < -0.4 is 14.8 Å². The van der Waals surface area contributed by atoms with Crippen LogP contribution in [-0.2, 0) is 6.42 Å². The number of likely N-dealkylation sites (tertiary alicyclic amines) is 1. The number of nitrogens with zero attached hydrogens (tertiary/aromatic N) is 1. The van der Waals surface area contributed by atoms with Crippen molar-refractivity contribution in [1.82, 2.24) is 10.2 Å². The van der Waals surface area contributed by atoms with E-state index in [2.05, 4.69) is 5.32 Å². The lowest BCUT2D eigenvalue weighted by molar-refractivity contribution is 0.129. The Labute approximate surface area is 136 Å². The van der Waals surface area contributed by atoms with E-state index in [1.165, 1.54) is 0 Å². The molecule has 0 aromatic heterocycles. The van der Waals surface area contributed by atoms with Crippen LogP contribution in [0, 0.1) is 5.92 Å². The van der Waals surface area contributed by atoms with Crippen LogP contribution in [0.2, 0.25) is 0 Å². The summed E-state index contributed by atoms with van der Waals surface area (Å²) in [5.41, 5.74) is 1.11. The fraction of sp³-hybridized carbons (Fsp3) is 0.588. The second-order valence-electron chi connectivity index (χ2n) is 6.10. The van der Waals surface area contributed by atoms with Crippen LogP contribution in [0.3, 0.4) is 0 Å². The van der Waals surface area contributed by atoms with Gasteiger partial charge in [0, 0.05) is 26.2 Å². The molecule has 6 heteroatoms. The number of nitrogens with one attached hydrogen (secondary N) is 1. The molecule has 6 nitrogen and oxygen atoms in total. The van der Waals surface area contributed by atoms with Crippen LogP contribution in [0.25, 0.3) is 0 Å². The van der Waals surface area contributed by atoms with E-state index in [-0.39, 0.29) is 18.6 Å². The third kappa shape index (κ3) is 4.07. The molecule has 2 aliphatic heterocycles. The van der Waals surface area contributed by atoms with Gasteiger partial charge in [0.2, 0.25) is 0 Å². The number of benzene rings is 1. The van der Waals surface area contributed by atoms with Gasteiger partial charge in [0.05, 0.1) is 0 Å². The van der Waals surface area contributed by atoms with Gasteiger partial charge in [0.15, 0.2) is 11.5 Å². The molecule has 1 aromatic carbocycles. The Hall–Kier alpha value is -1.95. The van der Waals surface area contributed by atoms with Gasteiger partial charge < -0.3 is 24.8 Å². The minimum atomic E-state index is -0.0410. The summed E-state index contributed by atoms with van der Waals surface area (Å²) < 4.78 is 11.1. The molecular formula is C17H24N2O4. The Balaban J connectivity index is 1.46. The summed E-state index contributed by atoms with van der Waals surface area (Å²) in [6, 6.07) is 5.86. The zero-order valence-electron chi connectivity index (χ0n) is 13.3. The fourth-order valence-corrected chi connectivity index (χ4v) is 3.07. The highest BCUT2D eigenvalue weighted by Crippen LogP contribution is 2.30. The van der Waals surface area contributed by atoms with Gasteiger partial charge in [-0.1, -0.05) is 6.07 Å². The zero-order valence-corrected chi connectivity index (χ0v) is 13.3. The number of aliphatic hydroxyl groups excluding tert-OH is 1. The zero-order chi connectivity index (χ0) is 16.1. The van der Waals surface area contributed by atoms with Crippen molar-refractivity contribution in [3.05, 3.63) is 23.8 Å². The largest absolute Gasteiger partial charge is 0.486 e. The molecule has 2 heterocycles. The molecule has 23 heavy (non-hydrogen) atoms. The number of piperidine rings is 1. The lowest BCUT2D eigenvalue weighted by Gasteiger charge is -2.31. The third-order valence-corrected chi connectivity index (χ3v) is 4.36. The second-order valence-corrected chi connectivity index (χ2v) is 6.10. The molecule has 1 aromatic rings. The standard InChI is InChI=1S/C17H24N2O4/c20-12-14-2-1-7-19(11-14)17(21)18-6-5-13-3-4-15-16(10-13)23-9-8-22-15/h3-4,10,14,20H,1-2,5-9,11-12H2,(H,18,21). The number of hydrogen-bond acceptors (Lipinski definition) is 4. The van der Waals surface area contributed by atoms with Crippen LogP contribution >= 0.6 is 0 Å². The molecule has 1 unspecified atom stereocenters. The number of fused-ring (bicyclic) bond motifs is 1. The van der Waals surface area contributed by atoms with E-state index in [1.54, 1.807) is 4.90 Å². The van der Waals surface area contributed by atoms with E-state index in [1.807, 2.05) is 18.2 Å². The molecular weight excluding hydrogens is 296 g/mol. The van der Waals surface area contributed by atoms with Crippen molar-refractivity contribution in [3.8, 4) is 11.5 Å². The molecule has 2 N–H and O–H groups in total. The van der Waals surface area contributed by atoms with E-state index in [9.17, 15) is 9.90 Å². The first-order chi connectivity index (χ1) is 11.3. The molecule has 3 rings (SSSR count). The Morgan fingerprint density at radius 3 is 2.96 bits per heavy atom. The Morgan fingerprint density at radius 2 is 2.13 bits per heavy atom. The molecule has 0 spiro atoms. The van der Waals surface area contributed by atoms with E-state index in [0.29, 0.717) is 26.3 Å². The smallest absolute Gasteiger partial charge is 0.317 e. The number of urea groups is 1. The average Bonchev–Trinajstić information content (AvgIpc) is 2.61. The van der Waals surface area contributed by atoms with Crippen LogP contribution in [-0.4, -0.2) is 55.5 Å². The normalized spacial score (nSPS) is 20.2. The van der Waals surface area contributed by atoms with Gasteiger partial charge in [-0.3, -0.25) is 0 Å². The summed E-state index contributed by atoms with van der Waals surface area (Å²) in [7, 11) is 0. The SMILES string of the molecule is O=C(NCCc1ccc2c(c1)OCCO2)N1CCCC(CO)C1. The molecule has 2 amide bonds. The minimum absolute atomic E-state index is 0.0410. The minimum Gasteiger partial charge on any atom is -0.486 e. The first kappa shape index (κ1) is 15.9. The monoisotopic (exact) mass is 320 g/mol. The predicted molar refractivity (Wildman–Crippen MR) is 85.9 cm³/mol. The van der Waals surface area contributed by atoms with E-state index in [4.69, 9.17) is 9.47 Å². The van der Waals surface area contributed by atoms with Crippen LogP contribution in [0.1, 0.15) is 18.4 Å². The molecule has 0 radical (unpaired) electrons. The van der Waals surface area contributed by atoms with Crippen molar-refractivity contribution >= 4 is 6.03 Å². The summed E-state index contributed by atoms with van der Waals surface area (Å²) in [4.78, 5) is 14.0. The molecule has 0 saturated carbocycles. The molecule has 0 bridgehead atoms. The molecule has 1 saturated heterocycles. The van der Waals surface area contributed by atoms with Gasteiger partial charge >= 0.3 is 6.03 Å². The summed E-state index contributed by atoms with van der Waals surface area (Å²) in [6.07, 6.45) is 2.71. The van der Waals surface area contributed by atoms with Crippen molar-refractivity contribution < 1.29 is 19.4 Å². The van der Waals surface area contributed by atoms with Gasteiger partial charge in [-0.2, -0.15) is 0 Å². The van der Waals surface area contributed by atoms with E-state index >= 15 is 0 Å². The first-order valence-corrected chi connectivity index (χ1v) is 8.28. The van der Waals surface area contributed by atoms with Gasteiger partial charge in [0.1, 0.15) is 13.2 Å². The maximum atomic E-state index is 12.2. The highest BCUT2D eigenvalue weighted by Gasteiger charge is 2.22. The van der Waals surface area contributed by atoms with Gasteiger partial charge in [-0.05, 0) is 42.9 Å².